The molecule has 2 aliphatic heterocycles. The van der Waals surface area contributed by atoms with Gasteiger partial charge in [0.25, 0.3) is 5.91 Å². The van der Waals surface area contributed by atoms with E-state index in [1.54, 1.807) is 11.0 Å². The van der Waals surface area contributed by atoms with E-state index in [4.69, 9.17) is 0 Å². The Morgan fingerprint density at radius 2 is 1.44 bits per heavy atom. The summed E-state index contributed by atoms with van der Waals surface area (Å²) in [6, 6.07) is 5.50. The normalized spacial score (nSPS) is 20.6. The molecule has 1 saturated heterocycles. The molecule has 1 aliphatic carbocycles. The van der Waals surface area contributed by atoms with Crippen molar-refractivity contribution in [3.63, 3.8) is 0 Å². The van der Waals surface area contributed by atoms with Crippen LogP contribution >= 0.6 is 0 Å². The van der Waals surface area contributed by atoms with Crippen molar-refractivity contribution < 1.29 is 45.5 Å². The van der Waals surface area contributed by atoms with Gasteiger partial charge in [-0.25, -0.2) is 0 Å². The number of piperazine rings is 1. The second kappa shape index (κ2) is 12.4. The van der Waals surface area contributed by atoms with Crippen molar-refractivity contribution in [1.29, 1.82) is 0 Å². The zero-order chi connectivity index (χ0) is 32.7. The van der Waals surface area contributed by atoms with Gasteiger partial charge in [0.2, 0.25) is 17.7 Å². The van der Waals surface area contributed by atoms with Crippen molar-refractivity contribution in [2.24, 2.45) is 5.92 Å². The van der Waals surface area contributed by atoms with E-state index in [2.05, 4.69) is 5.32 Å². The largest absolute Gasteiger partial charge is 0.416 e. The van der Waals surface area contributed by atoms with Crippen molar-refractivity contribution in [2.45, 2.75) is 50.5 Å². The van der Waals surface area contributed by atoms with Crippen LogP contribution in [0.2, 0.25) is 0 Å². The van der Waals surface area contributed by atoms with Crippen LogP contribution in [0.15, 0.2) is 42.5 Å². The molecule has 0 radical (unpaired) electrons. The summed E-state index contributed by atoms with van der Waals surface area (Å²) in [7, 11) is 0. The number of rotatable bonds is 7. The number of hydrogen-bond donors (Lipinski definition) is 1. The summed E-state index contributed by atoms with van der Waals surface area (Å²) in [5, 5.41) is 2.78. The van der Waals surface area contributed by atoms with E-state index in [9.17, 15) is 45.5 Å². The Balaban J connectivity index is 1.56. The Kier molecular flexibility index (Phi) is 8.87. The number of alkyl halides is 6. The lowest BCUT2D eigenvalue weighted by atomic mass is 9.78. The van der Waals surface area contributed by atoms with Gasteiger partial charge in [0, 0.05) is 58.2 Å². The highest BCUT2D eigenvalue weighted by Crippen LogP contribution is 2.46. The molecule has 1 saturated carbocycles. The number of carbonyl (C=O) groups excluding carboxylic acids is 4. The maximum atomic E-state index is 13.9. The molecule has 1 N–H and O–H groups in total. The van der Waals surface area contributed by atoms with Gasteiger partial charge < -0.3 is 20.0 Å². The third-order valence-corrected chi connectivity index (χ3v) is 8.58. The zero-order valence-electron chi connectivity index (χ0n) is 24.4. The molecule has 2 atom stereocenters. The van der Waals surface area contributed by atoms with Gasteiger partial charge in [0.05, 0.1) is 23.1 Å². The average Bonchev–Trinajstić information content (AvgIpc) is 3.83. The SMILES string of the molecule is CC(=O)N1CCN(C(=O)CCN2C(=O)c3ccccc3C(C(=O)NCC3CC3)C2c2cc(C(F)(F)F)cc(C(F)(F)F)c2)CC1. The molecular formula is C31H32F6N4O4. The summed E-state index contributed by atoms with van der Waals surface area (Å²) < 4.78 is 83.5. The quantitative estimate of drug-likeness (QED) is 0.449. The Morgan fingerprint density at radius 1 is 0.867 bits per heavy atom. The molecule has 2 unspecified atom stereocenters. The van der Waals surface area contributed by atoms with Crippen LogP contribution in [-0.2, 0) is 26.7 Å². The van der Waals surface area contributed by atoms with Crippen molar-refractivity contribution in [1.82, 2.24) is 20.0 Å². The van der Waals surface area contributed by atoms with Crippen LogP contribution in [0, 0.1) is 5.92 Å². The summed E-state index contributed by atoms with van der Waals surface area (Å²) in [6.07, 6.45) is -8.86. The molecule has 0 aromatic heterocycles. The lowest BCUT2D eigenvalue weighted by molar-refractivity contribution is -0.143. The van der Waals surface area contributed by atoms with Crippen molar-refractivity contribution in [2.75, 3.05) is 39.3 Å². The maximum absolute atomic E-state index is 13.9. The summed E-state index contributed by atoms with van der Waals surface area (Å²) in [5.74, 6) is -3.05. The fourth-order valence-corrected chi connectivity index (χ4v) is 5.96. The van der Waals surface area contributed by atoms with Gasteiger partial charge in [-0.05, 0) is 54.2 Å². The van der Waals surface area contributed by atoms with Gasteiger partial charge in [-0.3, -0.25) is 19.2 Å². The second-order valence-corrected chi connectivity index (χ2v) is 11.7. The van der Waals surface area contributed by atoms with Crippen LogP contribution in [0.3, 0.4) is 0 Å². The first kappa shape index (κ1) is 32.3. The lowest BCUT2D eigenvalue weighted by Gasteiger charge is -2.42. The number of amides is 4. The zero-order valence-corrected chi connectivity index (χ0v) is 24.4. The van der Waals surface area contributed by atoms with Crippen molar-refractivity contribution in [3.8, 4) is 0 Å². The molecule has 2 aromatic carbocycles. The smallest absolute Gasteiger partial charge is 0.355 e. The Morgan fingerprint density at radius 3 is 2.00 bits per heavy atom. The van der Waals surface area contributed by atoms with Gasteiger partial charge in [0.15, 0.2) is 0 Å². The minimum Gasteiger partial charge on any atom is -0.355 e. The van der Waals surface area contributed by atoms with Crippen molar-refractivity contribution >= 4 is 23.6 Å². The molecule has 242 valence electrons. The minimum atomic E-state index is -5.15. The Bertz CT molecular complexity index is 1450. The first-order valence-electron chi connectivity index (χ1n) is 14.7. The van der Waals surface area contributed by atoms with E-state index in [-0.39, 0.29) is 61.6 Å². The van der Waals surface area contributed by atoms with Gasteiger partial charge in [-0.15, -0.1) is 0 Å². The number of carbonyl (C=O) groups is 4. The topological polar surface area (TPSA) is 90.0 Å². The fourth-order valence-electron chi connectivity index (χ4n) is 5.96. The second-order valence-electron chi connectivity index (χ2n) is 11.7. The summed E-state index contributed by atoms with van der Waals surface area (Å²) in [5.41, 5.74) is -3.42. The molecule has 2 heterocycles. The van der Waals surface area contributed by atoms with Crippen molar-refractivity contribution in [3.05, 3.63) is 70.3 Å². The molecule has 14 heteroatoms. The Hall–Kier alpha value is -4.10. The number of hydrogen-bond acceptors (Lipinski definition) is 4. The molecular weight excluding hydrogens is 606 g/mol. The predicted molar refractivity (Wildman–Crippen MR) is 149 cm³/mol. The van der Waals surface area contributed by atoms with Crippen LogP contribution in [0.5, 0.6) is 0 Å². The van der Waals surface area contributed by atoms with Crippen LogP contribution < -0.4 is 5.32 Å². The highest BCUT2D eigenvalue weighted by atomic mass is 19.4. The number of fused-ring (bicyclic) bond motifs is 1. The van der Waals surface area contributed by atoms with E-state index in [1.165, 1.54) is 30.0 Å². The highest BCUT2D eigenvalue weighted by molar-refractivity contribution is 6.01. The lowest BCUT2D eigenvalue weighted by Crippen LogP contribution is -2.51. The number of halogens is 6. The molecule has 0 bridgehead atoms. The molecule has 3 aliphatic rings. The third-order valence-electron chi connectivity index (χ3n) is 8.58. The average molecular weight is 639 g/mol. The minimum absolute atomic E-state index is 0.00117. The van der Waals surface area contributed by atoms with E-state index in [0.29, 0.717) is 25.2 Å². The predicted octanol–water partition coefficient (Wildman–Crippen LogP) is 4.61. The molecule has 4 amide bonds. The number of nitrogens with zero attached hydrogens (tertiary/aromatic N) is 3. The first-order chi connectivity index (χ1) is 21.1. The molecule has 5 rings (SSSR count). The van der Waals surface area contributed by atoms with Gasteiger partial charge in [0.1, 0.15) is 0 Å². The van der Waals surface area contributed by atoms with E-state index in [0.717, 1.165) is 17.7 Å². The van der Waals surface area contributed by atoms with E-state index < -0.39 is 58.7 Å². The number of nitrogens with one attached hydrogen (secondary N) is 1. The fraction of sp³-hybridized carbons (Fsp3) is 0.484. The van der Waals surface area contributed by atoms with Gasteiger partial charge >= 0.3 is 12.4 Å². The maximum Gasteiger partial charge on any atom is 0.416 e. The highest BCUT2D eigenvalue weighted by Gasteiger charge is 2.46. The monoisotopic (exact) mass is 638 g/mol. The van der Waals surface area contributed by atoms with E-state index in [1.807, 2.05) is 0 Å². The molecule has 45 heavy (non-hydrogen) atoms. The summed E-state index contributed by atoms with van der Waals surface area (Å²) in [4.78, 5) is 56.6. The molecule has 2 aromatic rings. The Labute approximate surface area is 255 Å². The van der Waals surface area contributed by atoms with Gasteiger partial charge in [-0.1, -0.05) is 18.2 Å². The van der Waals surface area contributed by atoms with Gasteiger partial charge in [-0.2, -0.15) is 26.3 Å². The van der Waals surface area contributed by atoms with Crippen LogP contribution in [0.25, 0.3) is 0 Å². The summed E-state index contributed by atoms with van der Waals surface area (Å²) in [6.45, 7) is 2.38. The standard InChI is InChI=1S/C31H32F6N4O4/c1-18(42)39-10-12-40(13-11-39)25(43)8-9-41-27(20-14-21(30(32,33)34)16-22(15-20)31(35,36)37)26(28(44)38-17-19-6-7-19)23-4-2-3-5-24(23)29(41)45/h2-5,14-16,19,26-27H,6-13,17H2,1H3,(H,38,44). The van der Waals surface area contributed by atoms with Crippen LogP contribution in [-0.4, -0.2) is 77.6 Å². The third kappa shape index (κ3) is 7.09. The first-order valence-corrected chi connectivity index (χ1v) is 14.7. The van der Waals surface area contributed by atoms with Crippen LogP contribution in [0.4, 0.5) is 26.3 Å². The molecule has 8 nitrogen and oxygen atoms in total. The molecule has 0 spiro atoms. The summed E-state index contributed by atoms with van der Waals surface area (Å²) >= 11 is 0. The van der Waals surface area contributed by atoms with E-state index >= 15 is 0 Å². The number of benzene rings is 2. The van der Waals surface area contributed by atoms with Crippen LogP contribution in [0.1, 0.15) is 70.8 Å². The molecule has 2 fully saturated rings.